The number of nitrogens with one attached hydrogen (secondary N) is 1. The van der Waals surface area contributed by atoms with Crippen LogP contribution < -0.4 is 5.32 Å². The molecule has 0 radical (unpaired) electrons. The number of carbonyl (C=O) groups is 2. The Kier molecular flexibility index (Phi) is 5.30. The predicted molar refractivity (Wildman–Crippen MR) is 81.6 cm³/mol. The van der Waals surface area contributed by atoms with E-state index in [1.807, 2.05) is 19.2 Å². The van der Waals surface area contributed by atoms with Crippen LogP contribution in [0.1, 0.15) is 28.0 Å². The summed E-state index contributed by atoms with van der Waals surface area (Å²) in [6, 6.07) is 8.64. The van der Waals surface area contributed by atoms with Gasteiger partial charge in [-0.05, 0) is 36.6 Å². The second-order valence-corrected chi connectivity index (χ2v) is 5.05. The molecule has 0 saturated heterocycles. The van der Waals surface area contributed by atoms with Crippen molar-refractivity contribution in [2.45, 2.75) is 19.3 Å². The molecule has 1 heterocycles. The zero-order valence-corrected chi connectivity index (χ0v) is 12.5. The summed E-state index contributed by atoms with van der Waals surface area (Å²) in [7, 11) is 1.85. The van der Waals surface area contributed by atoms with Crippen LogP contribution in [-0.2, 0) is 24.7 Å². The van der Waals surface area contributed by atoms with Crippen LogP contribution in [0.5, 0.6) is 0 Å². The summed E-state index contributed by atoms with van der Waals surface area (Å²) in [6.07, 6.45) is 3.38. The number of aromatic carboxylic acids is 1. The molecule has 116 valence electrons. The Morgan fingerprint density at radius 3 is 2.77 bits per heavy atom. The molecule has 2 aromatic rings. The fraction of sp³-hybridized carbons (Fsp3) is 0.312. The molecule has 2 rings (SSSR count). The van der Waals surface area contributed by atoms with Crippen molar-refractivity contribution in [2.24, 2.45) is 7.05 Å². The largest absolute Gasteiger partial charge is 0.478 e. The molecule has 0 saturated carbocycles. The molecular weight excluding hydrogens is 282 g/mol. The molecule has 0 unspecified atom stereocenters. The number of hydrogen-bond donors (Lipinski definition) is 2. The molecule has 0 spiro atoms. The molecule has 22 heavy (non-hydrogen) atoms. The Morgan fingerprint density at radius 1 is 1.27 bits per heavy atom. The third-order valence-corrected chi connectivity index (χ3v) is 3.44. The van der Waals surface area contributed by atoms with E-state index in [1.54, 1.807) is 29.1 Å². The van der Waals surface area contributed by atoms with Crippen LogP contribution in [0.15, 0.2) is 36.5 Å². The van der Waals surface area contributed by atoms with Crippen LogP contribution in [0.3, 0.4) is 0 Å². The van der Waals surface area contributed by atoms with Crippen LogP contribution >= 0.6 is 0 Å². The normalized spacial score (nSPS) is 10.4. The van der Waals surface area contributed by atoms with Gasteiger partial charge in [0.15, 0.2) is 0 Å². The van der Waals surface area contributed by atoms with Gasteiger partial charge in [-0.3, -0.25) is 9.48 Å². The second kappa shape index (κ2) is 7.40. The van der Waals surface area contributed by atoms with Gasteiger partial charge in [0.1, 0.15) is 0 Å². The predicted octanol–water partition coefficient (Wildman–Crippen LogP) is 1.41. The summed E-state index contributed by atoms with van der Waals surface area (Å²) in [5.74, 6) is -0.961. The monoisotopic (exact) mass is 301 g/mol. The molecule has 6 heteroatoms. The van der Waals surface area contributed by atoms with Gasteiger partial charge in [0.2, 0.25) is 5.91 Å². The minimum atomic E-state index is -0.943. The highest BCUT2D eigenvalue weighted by atomic mass is 16.4. The Morgan fingerprint density at radius 2 is 2.09 bits per heavy atom. The van der Waals surface area contributed by atoms with Crippen LogP contribution in [0.4, 0.5) is 0 Å². The lowest BCUT2D eigenvalue weighted by atomic mass is 10.1. The van der Waals surface area contributed by atoms with Crippen molar-refractivity contribution in [3.05, 3.63) is 53.3 Å². The first kappa shape index (κ1) is 15.8. The Hall–Kier alpha value is -2.63. The molecule has 0 aliphatic carbocycles. The number of carboxylic acid groups (broad SMARTS) is 1. The van der Waals surface area contributed by atoms with Gasteiger partial charge in [0.25, 0.3) is 0 Å². The average Bonchev–Trinajstić information content (AvgIpc) is 2.91. The summed E-state index contributed by atoms with van der Waals surface area (Å²) in [5, 5.41) is 15.8. The van der Waals surface area contributed by atoms with Crippen molar-refractivity contribution in [3.8, 4) is 0 Å². The maximum absolute atomic E-state index is 11.8. The van der Waals surface area contributed by atoms with Crippen LogP contribution in [0.2, 0.25) is 0 Å². The lowest BCUT2D eigenvalue weighted by Gasteiger charge is -2.06. The lowest BCUT2D eigenvalue weighted by Crippen LogP contribution is -2.26. The van der Waals surface area contributed by atoms with Crippen LogP contribution in [0, 0.1) is 0 Å². The molecule has 0 aliphatic heterocycles. The summed E-state index contributed by atoms with van der Waals surface area (Å²) < 4.78 is 1.75. The molecule has 1 aromatic heterocycles. The van der Waals surface area contributed by atoms with E-state index in [-0.39, 0.29) is 11.5 Å². The van der Waals surface area contributed by atoms with Crippen molar-refractivity contribution < 1.29 is 14.7 Å². The molecule has 0 fully saturated rings. The molecular formula is C16H19N3O3. The summed E-state index contributed by atoms with van der Waals surface area (Å²) in [4.78, 5) is 22.7. The van der Waals surface area contributed by atoms with Crippen molar-refractivity contribution in [2.75, 3.05) is 6.54 Å². The molecule has 1 amide bonds. The Bertz CT molecular complexity index is 664. The van der Waals surface area contributed by atoms with E-state index in [9.17, 15) is 9.59 Å². The van der Waals surface area contributed by atoms with E-state index >= 15 is 0 Å². The maximum atomic E-state index is 11.8. The third-order valence-electron chi connectivity index (χ3n) is 3.44. The van der Waals surface area contributed by atoms with Gasteiger partial charge in [0.05, 0.1) is 5.56 Å². The summed E-state index contributed by atoms with van der Waals surface area (Å²) in [6.45, 7) is 0.493. The van der Waals surface area contributed by atoms with E-state index in [4.69, 9.17) is 5.11 Å². The summed E-state index contributed by atoms with van der Waals surface area (Å²) in [5.41, 5.74) is 2.18. The second-order valence-electron chi connectivity index (χ2n) is 5.05. The molecule has 1 aromatic carbocycles. The number of nitrogens with zero attached hydrogens (tertiary/aromatic N) is 2. The minimum Gasteiger partial charge on any atom is -0.478 e. The molecule has 2 N–H and O–H groups in total. The van der Waals surface area contributed by atoms with Crippen LogP contribution in [0.25, 0.3) is 0 Å². The topological polar surface area (TPSA) is 84.2 Å². The highest BCUT2D eigenvalue weighted by molar-refractivity contribution is 5.87. The van der Waals surface area contributed by atoms with E-state index < -0.39 is 5.97 Å². The lowest BCUT2D eigenvalue weighted by molar-refractivity contribution is -0.121. The smallest absolute Gasteiger partial charge is 0.335 e. The van der Waals surface area contributed by atoms with E-state index in [1.165, 1.54) is 0 Å². The van der Waals surface area contributed by atoms with E-state index in [0.29, 0.717) is 25.8 Å². The van der Waals surface area contributed by atoms with Gasteiger partial charge < -0.3 is 10.4 Å². The van der Waals surface area contributed by atoms with E-state index in [2.05, 4.69) is 10.4 Å². The number of hydrogen-bond acceptors (Lipinski definition) is 3. The standard InChI is InChI=1S/C16H19N3O3/c1-19-14(8-10-18-19)5-6-15(20)17-9-7-12-3-2-4-13(11-12)16(21)22/h2-4,8,10-11H,5-7,9H2,1H3,(H,17,20)(H,21,22). The summed E-state index contributed by atoms with van der Waals surface area (Å²) >= 11 is 0. The number of carbonyl (C=O) groups excluding carboxylic acids is 1. The Labute approximate surface area is 128 Å². The third kappa shape index (κ3) is 4.44. The van der Waals surface area contributed by atoms with Gasteiger partial charge in [-0.1, -0.05) is 12.1 Å². The minimum absolute atomic E-state index is 0.0180. The SMILES string of the molecule is Cn1nccc1CCC(=O)NCCc1cccc(C(=O)O)c1. The number of amides is 1. The molecule has 0 aliphatic rings. The van der Waals surface area contributed by atoms with Gasteiger partial charge in [0, 0.05) is 31.9 Å². The van der Waals surface area contributed by atoms with Gasteiger partial charge in [-0.15, -0.1) is 0 Å². The van der Waals surface area contributed by atoms with Crippen molar-refractivity contribution in [1.29, 1.82) is 0 Å². The zero-order valence-electron chi connectivity index (χ0n) is 12.5. The van der Waals surface area contributed by atoms with Gasteiger partial charge >= 0.3 is 5.97 Å². The van der Waals surface area contributed by atoms with Crippen molar-refractivity contribution in [1.82, 2.24) is 15.1 Å². The van der Waals surface area contributed by atoms with Gasteiger partial charge in [-0.25, -0.2) is 4.79 Å². The van der Waals surface area contributed by atoms with E-state index in [0.717, 1.165) is 11.3 Å². The Balaban J connectivity index is 1.74. The molecule has 0 atom stereocenters. The molecule has 6 nitrogen and oxygen atoms in total. The highest BCUT2D eigenvalue weighted by Gasteiger charge is 2.06. The number of benzene rings is 1. The average molecular weight is 301 g/mol. The number of aromatic nitrogens is 2. The quantitative estimate of drug-likeness (QED) is 0.810. The maximum Gasteiger partial charge on any atom is 0.335 e. The highest BCUT2D eigenvalue weighted by Crippen LogP contribution is 2.06. The van der Waals surface area contributed by atoms with Crippen LogP contribution in [-0.4, -0.2) is 33.3 Å². The first-order valence-corrected chi connectivity index (χ1v) is 7.12. The number of carboxylic acids is 1. The zero-order chi connectivity index (χ0) is 15.9. The fourth-order valence-corrected chi connectivity index (χ4v) is 2.18. The first-order chi connectivity index (χ1) is 10.6. The fourth-order valence-electron chi connectivity index (χ4n) is 2.18. The molecule has 0 bridgehead atoms. The number of aryl methyl sites for hydroxylation is 2. The van der Waals surface area contributed by atoms with Crippen molar-refractivity contribution >= 4 is 11.9 Å². The van der Waals surface area contributed by atoms with Crippen molar-refractivity contribution in [3.63, 3.8) is 0 Å². The first-order valence-electron chi connectivity index (χ1n) is 7.12. The van der Waals surface area contributed by atoms with Gasteiger partial charge in [-0.2, -0.15) is 5.10 Å². The number of rotatable bonds is 7.